The summed E-state index contributed by atoms with van der Waals surface area (Å²) in [4.78, 5) is 6.07. The van der Waals surface area contributed by atoms with E-state index in [1.807, 2.05) is 6.20 Å². The zero-order valence-electron chi connectivity index (χ0n) is 16.2. The molecular weight excluding hydrogens is 352 g/mol. The molecule has 0 saturated heterocycles. The molecule has 0 aliphatic heterocycles. The number of thiophene rings is 1. The van der Waals surface area contributed by atoms with Crippen molar-refractivity contribution in [2.24, 2.45) is 5.73 Å². The third kappa shape index (κ3) is 2.99. The summed E-state index contributed by atoms with van der Waals surface area (Å²) < 4.78 is 7.01. The average molecular weight is 377 g/mol. The van der Waals surface area contributed by atoms with E-state index in [0.29, 0.717) is 12.5 Å². The van der Waals surface area contributed by atoms with Gasteiger partial charge in [0.05, 0.1) is 17.3 Å². The summed E-state index contributed by atoms with van der Waals surface area (Å²) in [5, 5.41) is 2.42. The fourth-order valence-corrected chi connectivity index (χ4v) is 4.61. The normalized spacial score (nSPS) is 12.6. The van der Waals surface area contributed by atoms with Crippen molar-refractivity contribution in [2.45, 2.75) is 26.7 Å². The van der Waals surface area contributed by atoms with Gasteiger partial charge in [0.15, 0.2) is 0 Å². The molecule has 138 valence electrons. The zero-order chi connectivity index (χ0) is 19.1. The van der Waals surface area contributed by atoms with E-state index in [0.717, 1.165) is 28.0 Å². The van der Waals surface area contributed by atoms with E-state index < -0.39 is 0 Å². The van der Waals surface area contributed by atoms with Gasteiger partial charge in [-0.15, -0.1) is 11.3 Å². The lowest BCUT2D eigenvalue weighted by atomic mass is 9.93. The quantitative estimate of drug-likeness (QED) is 0.489. The molecule has 0 unspecified atom stereocenters. The number of hydrogen-bond acceptors (Lipinski definition) is 4. The first-order chi connectivity index (χ1) is 13.0. The predicted molar refractivity (Wildman–Crippen MR) is 116 cm³/mol. The fraction of sp³-hybridized carbons (Fsp3) is 0.261. The molecule has 0 fully saturated rings. The molecular formula is C23H24N2OS. The fourth-order valence-electron chi connectivity index (χ4n) is 3.71. The van der Waals surface area contributed by atoms with Crippen molar-refractivity contribution in [1.29, 1.82) is 0 Å². The molecule has 2 heterocycles. The summed E-state index contributed by atoms with van der Waals surface area (Å²) >= 11 is 1.78. The molecule has 4 heteroatoms. The van der Waals surface area contributed by atoms with E-state index in [1.54, 1.807) is 18.4 Å². The average Bonchev–Trinajstić information content (AvgIpc) is 3.07. The van der Waals surface area contributed by atoms with E-state index in [9.17, 15) is 0 Å². The molecule has 0 aliphatic rings. The molecule has 2 aromatic heterocycles. The maximum atomic E-state index is 5.83. The number of nitrogens with two attached hydrogens (primary N) is 1. The van der Waals surface area contributed by atoms with Gasteiger partial charge >= 0.3 is 0 Å². The van der Waals surface area contributed by atoms with Gasteiger partial charge in [0.2, 0.25) is 0 Å². The molecule has 1 atom stereocenters. The zero-order valence-corrected chi connectivity index (χ0v) is 17.0. The largest absolute Gasteiger partial charge is 0.496 e. The van der Waals surface area contributed by atoms with Gasteiger partial charge in [-0.1, -0.05) is 31.2 Å². The summed E-state index contributed by atoms with van der Waals surface area (Å²) in [6.07, 6.45) is 1.99. The monoisotopic (exact) mass is 376 g/mol. The van der Waals surface area contributed by atoms with Crippen LogP contribution in [0.4, 0.5) is 0 Å². The molecule has 0 spiro atoms. The van der Waals surface area contributed by atoms with Crippen molar-refractivity contribution < 1.29 is 4.74 Å². The third-order valence-electron chi connectivity index (χ3n) is 5.26. The highest BCUT2D eigenvalue weighted by Gasteiger charge is 2.18. The molecule has 0 saturated carbocycles. The van der Waals surface area contributed by atoms with E-state index in [1.165, 1.54) is 25.9 Å². The Kier molecular flexibility index (Phi) is 4.62. The standard InChI is InChI=1S/C23H24N2OS/c1-13-9-19(26-4)21(17-7-5-16(6-8-17)14(2)11-24)22-18-10-15(3)27-20(18)12-25-23(13)22/h5-10,12,14H,11,24H2,1-4H3/t14-/m0/s1. The van der Waals surface area contributed by atoms with Crippen LogP contribution >= 0.6 is 11.3 Å². The van der Waals surface area contributed by atoms with Crippen molar-refractivity contribution >= 4 is 32.3 Å². The first-order valence-electron chi connectivity index (χ1n) is 9.20. The molecule has 4 aromatic rings. The number of aromatic nitrogens is 1. The van der Waals surface area contributed by atoms with Crippen LogP contribution in [0.25, 0.3) is 32.1 Å². The van der Waals surface area contributed by atoms with Crippen LogP contribution in [0.5, 0.6) is 5.75 Å². The second-order valence-corrected chi connectivity index (χ2v) is 8.43. The molecule has 2 N–H and O–H groups in total. The van der Waals surface area contributed by atoms with Gasteiger partial charge in [0, 0.05) is 27.4 Å². The second kappa shape index (κ2) is 6.95. The molecule has 2 aromatic carbocycles. The van der Waals surface area contributed by atoms with Crippen LogP contribution in [0.1, 0.15) is 28.8 Å². The Morgan fingerprint density at radius 3 is 2.56 bits per heavy atom. The van der Waals surface area contributed by atoms with Crippen molar-refractivity contribution in [2.75, 3.05) is 13.7 Å². The second-order valence-electron chi connectivity index (χ2n) is 7.15. The molecule has 0 aliphatic carbocycles. The van der Waals surface area contributed by atoms with E-state index in [2.05, 4.69) is 57.2 Å². The number of benzene rings is 2. The number of methoxy groups -OCH3 is 1. The number of aryl methyl sites for hydroxylation is 2. The van der Waals surface area contributed by atoms with Gasteiger partial charge in [0.1, 0.15) is 5.75 Å². The molecule has 4 rings (SSSR count). The lowest BCUT2D eigenvalue weighted by Crippen LogP contribution is -2.08. The number of nitrogens with zero attached hydrogens (tertiary/aromatic N) is 1. The maximum Gasteiger partial charge on any atom is 0.127 e. The number of ether oxygens (including phenoxy) is 1. The SMILES string of the molecule is COc1cc(C)c2ncc3sc(C)cc3c2c1-c1ccc([C@@H](C)CN)cc1. The van der Waals surface area contributed by atoms with Crippen molar-refractivity contribution in [1.82, 2.24) is 4.98 Å². The van der Waals surface area contributed by atoms with Gasteiger partial charge in [-0.05, 0) is 55.1 Å². The highest BCUT2D eigenvalue weighted by atomic mass is 32.1. The Balaban J connectivity index is 2.06. The number of rotatable bonds is 4. The van der Waals surface area contributed by atoms with Crippen LogP contribution < -0.4 is 10.5 Å². The molecule has 3 nitrogen and oxygen atoms in total. The van der Waals surface area contributed by atoms with Gasteiger partial charge in [-0.2, -0.15) is 0 Å². The Bertz CT molecular complexity index is 1130. The summed E-state index contributed by atoms with van der Waals surface area (Å²) in [7, 11) is 1.74. The first-order valence-corrected chi connectivity index (χ1v) is 10.0. The van der Waals surface area contributed by atoms with Crippen LogP contribution in [0.3, 0.4) is 0 Å². The van der Waals surface area contributed by atoms with Crippen molar-refractivity contribution in [3.8, 4) is 16.9 Å². The third-order valence-corrected chi connectivity index (χ3v) is 6.25. The Hall–Kier alpha value is -2.43. The van der Waals surface area contributed by atoms with Gasteiger partial charge in [-0.25, -0.2) is 0 Å². The topological polar surface area (TPSA) is 48.1 Å². The lowest BCUT2D eigenvalue weighted by molar-refractivity contribution is 0.416. The van der Waals surface area contributed by atoms with E-state index in [4.69, 9.17) is 15.5 Å². The summed E-state index contributed by atoms with van der Waals surface area (Å²) in [6.45, 7) is 7.04. The number of hydrogen-bond donors (Lipinski definition) is 1. The summed E-state index contributed by atoms with van der Waals surface area (Å²) in [5.74, 6) is 1.24. The first kappa shape index (κ1) is 18.0. The van der Waals surface area contributed by atoms with Crippen LogP contribution in [0, 0.1) is 13.8 Å². The molecule has 0 amide bonds. The minimum Gasteiger partial charge on any atom is -0.496 e. The highest BCUT2D eigenvalue weighted by Crippen LogP contribution is 2.43. The lowest BCUT2D eigenvalue weighted by Gasteiger charge is -2.16. The predicted octanol–water partition coefficient (Wildman–Crippen LogP) is 5.80. The van der Waals surface area contributed by atoms with Crippen LogP contribution in [0.2, 0.25) is 0 Å². The smallest absolute Gasteiger partial charge is 0.127 e. The van der Waals surface area contributed by atoms with Crippen molar-refractivity contribution in [3.63, 3.8) is 0 Å². The van der Waals surface area contributed by atoms with Gasteiger partial charge in [-0.3, -0.25) is 4.98 Å². The van der Waals surface area contributed by atoms with E-state index >= 15 is 0 Å². The van der Waals surface area contributed by atoms with Crippen molar-refractivity contribution in [3.05, 3.63) is 58.6 Å². The molecule has 27 heavy (non-hydrogen) atoms. The van der Waals surface area contributed by atoms with Crippen LogP contribution in [0.15, 0.2) is 42.6 Å². The van der Waals surface area contributed by atoms with Gasteiger partial charge in [0.25, 0.3) is 0 Å². The maximum absolute atomic E-state index is 5.83. The minimum absolute atomic E-state index is 0.351. The molecule has 0 bridgehead atoms. The minimum atomic E-state index is 0.351. The molecule has 0 radical (unpaired) electrons. The van der Waals surface area contributed by atoms with Gasteiger partial charge < -0.3 is 10.5 Å². The summed E-state index contributed by atoms with van der Waals surface area (Å²) in [6, 6.07) is 13.0. The highest BCUT2D eigenvalue weighted by molar-refractivity contribution is 7.19. The number of fused-ring (bicyclic) bond motifs is 3. The Morgan fingerprint density at radius 1 is 1.15 bits per heavy atom. The summed E-state index contributed by atoms with van der Waals surface area (Å²) in [5.41, 5.74) is 11.5. The Morgan fingerprint density at radius 2 is 1.89 bits per heavy atom. The number of pyridine rings is 1. The van der Waals surface area contributed by atoms with Crippen LogP contribution in [-0.4, -0.2) is 18.6 Å². The van der Waals surface area contributed by atoms with Crippen LogP contribution in [-0.2, 0) is 0 Å². The Labute approximate surface area is 163 Å². The van der Waals surface area contributed by atoms with E-state index in [-0.39, 0.29) is 0 Å².